The molecule has 0 aliphatic carbocycles. The Morgan fingerprint density at radius 2 is 1.90 bits per heavy atom. The molecule has 0 radical (unpaired) electrons. The molecule has 7 heterocycles. The highest BCUT2D eigenvalue weighted by Crippen LogP contribution is 2.33. The normalized spacial score (nSPS) is 14.1. The minimum atomic E-state index is 0.667. The van der Waals surface area contributed by atoms with Crippen LogP contribution in [0.15, 0.2) is 85.6 Å². The van der Waals surface area contributed by atoms with Crippen molar-refractivity contribution in [3.8, 4) is 33.9 Å². The highest BCUT2D eigenvalue weighted by Gasteiger charge is 2.17. The van der Waals surface area contributed by atoms with Gasteiger partial charge in [0.15, 0.2) is 0 Å². The Morgan fingerprint density at radius 1 is 0.975 bits per heavy atom. The van der Waals surface area contributed by atoms with Crippen molar-refractivity contribution < 1.29 is 0 Å². The fourth-order valence-corrected chi connectivity index (χ4v) is 5.49. The van der Waals surface area contributed by atoms with Crippen LogP contribution in [0.25, 0.3) is 56.0 Å². The lowest BCUT2D eigenvalue weighted by Crippen LogP contribution is -2.28. The molecule has 9 nitrogen and oxygen atoms in total. The molecule has 6 aromatic rings. The summed E-state index contributed by atoms with van der Waals surface area (Å²) >= 11 is 0. The first-order valence-corrected chi connectivity index (χ1v) is 13.6. The second-order valence-corrected chi connectivity index (χ2v) is 10.3. The molecular weight excluding hydrogens is 498 g/mol. The summed E-state index contributed by atoms with van der Waals surface area (Å²) in [5, 5.41) is 15.6. The number of fused-ring (bicyclic) bond motifs is 2. The van der Waals surface area contributed by atoms with Crippen LogP contribution in [0.4, 0.5) is 5.69 Å². The van der Waals surface area contributed by atoms with Gasteiger partial charge in [-0.1, -0.05) is 12.6 Å². The number of nitrogens with zero attached hydrogens (tertiary/aromatic N) is 5. The van der Waals surface area contributed by atoms with E-state index in [0.29, 0.717) is 5.92 Å². The average molecular weight is 528 g/mol. The highest BCUT2D eigenvalue weighted by molar-refractivity contribution is 5.98. The third-order valence-electron chi connectivity index (χ3n) is 7.48. The molecule has 1 fully saturated rings. The van der Waals surface area contributed by atoms with Crippen molar-refractivity contribution in [1.82, 2.24) is 40.4 Å². The summed E-state index contributed by atoms with van der Waals surface area (Å²) in [6.45, 7) is 6.44. The zero-order valence-electron chi connectivity index (χ0n) is 22.0. The summed E-state index contributed by atoms with van der Waals surface area (Å²) in [6, 6.07) is 16.0. The summed E-state index contributed by atoms with van der Waals surface area (Å²) in [5.41, 5.74) is 9.56. The van der Waals surface area contributed by atoms with Gasteiger partial charge in [0.1, 0.15) is 16.9 Å². The fraction of sp³-hybridized carbons (Fsp3) is 0.194. The smallest absolute Gasteiger partial charge is 0.138 e. The molecule has 0 saturated carbocycles. The Morgan fingerprint density at radius 3 is 2.77 bits per heavy atom. The van der Waals surface area contributed by atoms with Crippen molar-refractivity contribution in [2.75, 3.05) is 18.4 Å². The minimum absolute atomic E-state index is 0.667. The molecule has 0 spiro atoms. The number of aromatic nitrogens is 7. The average Bonchev–Trinajstić information content (AvgIpc) is 3.62. The van der Waals surface area contributed by atoms with Gasteiger partial charge in [-0.2, -0.15) is 5.10 Å². The quantitative estimate of drug-likeness (QED) is 0.203. The van der Waals surface area contributed by atoms with Crippen LogP contribution in [0.3, 0.4) is 0 Å². The van der Waals surface area contributed by atoms with E-state index in [1.54, 1.807) is 12.4 Å². The van der Waals surface area contributed by atoms with E-state index in [9.17, 15) is 0 Å². The van der Waals surface area contributed by atoms with Crippen molar-refractivity contribution >= 4 is 27.8 Å². The van der Waals surface area contributed by atoms with Crippen LogP contribution >= 0.6 is 0 Å². The Bertz CT molecular complexity index is 1810. The van der Waals surface area contributed by atoms with Crippen LogP contribution in [0, 0.1) is 5.92 Å². The van der Waals surface area contributed by atoms with Gasteiger partial charge in [0.05, 0.1) is 34.5 Å². The Hall–Kier alpha value is -4.89. The number of rotatable bonds is 7. The van der Waals surface area contributed by atoms with E-state index in [1.807, 2.05) is 48.8 Å². The van der Waals surface area contributed by atoms with Crippen molar-refractivity contribution in [3.05, 3.63) is 85.6 Å². The molecule has 6 aromatic heterocycles. The van der Waals surface area contributed by atoms with Crippen LogP contribution in [-0.2, 0) is 0 Å². The van der Waals surface area contributed by atoms with E-state index in [2.05, 4.69) is 59.5 Å². The number of hydrogen-bond donors (Lipinski definition) is 4. The fourth-order valence-electron chi connectivity index (χ4n) is 5.49. The number of pyridine rings is 4. The topological polar surface area (TPSA) is 120 Å². The molecule has 0 unspecified atom stereocenters. The molecule has 1 saturated heterocycles. The van der Waals surface area contributed by atoms with Crippen LogP contribution in [0.5, 0.6) is 0 Å². The predicted molar refractivity (Wildman–Crippen MR) is 158 cm³/mol. The molecule has 7 rings (SSSR count). The molecule has 198 valence electrons. The van der Waals surface area contributed by atoms with Crippen molar-refractivity contribution in [2.24, 2.45) is 5.92 Å². The number of aromatic amines is 2. The van der Waals surface area contributed by atoms with Gasteiger partial charge < -0.3 is 15.6 Å². The van der Waals surface area contributed by atoms with E-state index in [1.165, 1.54) is 12.8 Å². The summed E-state index contributed by atoms with van der Waals surface area (Å²) in [5.74, 6) is 0.667. The maximum atomic E-state index is 5.00. The van der Waals surface area contributed by atoms with E-state index in [-0.39, 0.29) is 0 Å². The molecule has 0 bridgehead atoms. The van der Waals surface area contributed by atoms with Crippen molar-refractivity contribution in [1.29, 1.82) is 0 Å². The maximum absolute atomic E-state index is 5.00. The van der Waals surface area contributed by atoms with Gasteiger partial charge in [-0.25, -0.2) is 9.97 Å². The first-order chi connectivity index (χ1) is 19.7. The Balaban J connectivity index is 1.19. The van der Waals surface area contributed by atoms with Crippen LogP contribution in [0.2, 0.25) is 0 Å². The van der Waals surface area contributed by atoms with E-state index < -0.39 is 0 Å². The molecular formula is C31H29N9. The van der Waals surface area contributed by atoms with Crippen LogP contribution in [-0.4, -0.2) is 48.2 Å². The number of anilines is 1. The second-order valence-electron chi connectivity index (χ2n) is 10.3. The zero-order valence-corrected chi connectivity index (χ0v) is 22.0. The van der Waals surface area contributed by atoms with E-state index >= 15 is 0 Å². The molecule has 9 heteroatoms. The first-order valence-electron chi connectivity index (χ1n) is 13.6. The molecule has 0 aromatic carbocycles. The van der Waals surface area contributed by atoms with Crippen molar-refractivity contribution in [3.63, 3.8) is 0 Å². The summed E-state index contributed by atoms with van der Waals surface area (Å²) in [6.07, 6.45) is 10.6. The van der Waals surface area contributed by atoms with Gasteiger partial charge in [-0.05, 0) is 80.7 Å². The lowest BCUT2D eigenvalue weighted by molar-refractivity contribution is 0.373. The zero-order chi connectivity index (χ0) is 26.9. The second kappa shape index (κ2) is 10.3. The monoisotopic (exact) mass is 527 g/mol. The summed E-state index contributed by atoms with van der Waals surface area (Å²) in [4.78, 5) is 22.0. The van der Waals surface area contributed by atoms with Gasteiger partial charge in [-0.15, -0.1) is 0 Å². The Kier molecular flexibility index (Phi) is 6.25. The van der Waals surface area contributed by atoms with E-state index in [4.69, 9.17) is 4.98 Å². The van der Waals surface area contributed by atoms with Crippen LogP contribution < -0.4 is 10.6 Å². The predicted octanol–water partition coefficient (Wildman–Crippen LogP) is 5.94. The molecule has 1 aliphatic heterocycles. The van der Waals surface area contributed by atoms with Crippen molar-refractivity contribution in [2.45, 2.75) is 19.3 Å². The number of allylic oxidation sites excluding steroid dienone is 1. The number of H-pyrrole nitrogens is 2. The third kappa shape index (κ3) is 4.71. The molecule has 1 aliphatic rings. The van der Waals surface area contributed by atoms with Gasteiger partial charge >= 0.3 is 0 Å². The molecule has 0 atom stereocenters. The first kappa shape index (κ1) is 24.2. The number of nitrogens with one attached hydrogen (secondary N) is 4. The number of piperidine rings is 1. The van der Waals surface area contributed by atoms with Gasteiger partial charge in [0.25, 0.3) is 0 Å². The minimum Gasteiger partial charge on any atom is -0.358 e. The standard InChI is InChI=1S/C31H29N9/c1-19(14-20-7-11-32-12-8-20)36-22-15-21(17-33-18-22)25-5-6-27-29(37-25)30(40-39-27)28-16-24-23(9-13-35-31(24)38-28)26-4-2-3-10-34-26/h2-6,9-10,13,15-18,20,32,36H,1,7-8,11-12,14H2,(H,35,38)(H,39,40). The SMILES string of the molecule is C=C(CC1CCNCC1)Nc1cncc(-c2ccc3[nH]nc(-c4cc5c(-c6ccccn6)ccnc5[nH]4)c3n2)c1. The molecule has 40 heavy (non-hydrogen) atoms. The lowest BCUT2D eigenvalue weighted by atomic mass is 9.93. The molecule has 0 amide bonds. The highest BCUT2D eigenvalue weighted by atomic mass is 15.1. The van der Waals surface area contributed by atoms with Gasteiger partial charge in [-0.3, -0.25) is 15.1 Å². The van der Waals surface area contributed by atoms with Gasteiger partial charge in [0.2, 0.25) is 0 Å². The largest absolute Gasteiger partial charge is 0.358 e. The maximum Gasteiger partial charge on any atom is 0.138 e. The molecule has 4 N–H and O–H groups in total. The summed E-state index contributed by atoms with van der Waals surface area (Å²) in [7, 11) is 0. The van der Waals surface area contributed by atoms with Crippen LogP contribution in [0.1, 0.15) is 19.3 Å². The van der Waals surface area contributed by atoms with Gasteiger partial charge in [0, 0.05) is 40.8 Å². The summed E-state index contributed by atoms with van der Waals surface area (Å²) < 4.78 is 0. The number of hydrogen-bond acceptors (Lipinski definition) is 7. The Labute approximate surface area is 231 Å². The lowest BCUT2D eigenvalue weighted by Gasteiger charge is -2.23. The third-order valence-corrected chi connectivity index (χ3v) is 7.48. The van der Waals surface area contributed by atoms with E-state index in [0.717, 1.165) is 86.9 Å².